The molecule has 70 valence electrons. The van der Waals surface area contributed by atoms with Crippen LogP contribution in [0, 0.1) is 5.82 Å². The Morgan fingerprint density at radius 2 is 1.71 bits per heavy atom. The normalized spacial score (nSPS) is 10.1. The highest BCUT2D eigenvalue weighted by Gasteiger charge is 2.01. The van der Waals surface area contributed by atoms with E-state index in [2.05, 4.69) is 4.98 Å². The molecule has 0 saturated carbocycles. The zero-order valence-corrected chi connectivity index (χ0v) is 7.44. The summed E-state index contributed by atoms with van der Waals surface area (Å²) in [6.45, 7) is 0. The fourth-order valence-electron chi connectivity index (χ4n) is 1.25. The number of hydrogen-bond acceptors (Lipinski definition) is 2. The van der Waals surface area contributed by atoms with Crippen molar-refractivity contribution in [3.8, 4) is 11.1 Å². The molecule has 1 aromatic carbocycles. The van der Waals surface area contributed by atoms with Crippen LogP contribution in [0.5, 0.6) is 0 Å². The number of nitrogen functional groups attached to an aromatic ring is 1. The predicted molar refractivity (Wildman–Crippen MR) is 54.0 cm³/mol. The molecule has 0 unspecified atom stereocenters. The molecule has 2 rings (SSSR count). The number of halogens is 1. The van der Waals surface area contributed by atoms with Crippen molar-refractivity contribution in [3.05, 3.63) is 48.5 Å². The Morgan fingerprint density at radius 1 is 1.00 bits per heavy atom. The Kier molecular flexibility index (Phi) is 2.14. The molecular formula is C11H9FN2. The number of nitrogens with zero attached hydrogens (tertiary/aromatic N) is 1. The fourth-order valence-corrected chi connectivity index (χ4v) is 1.25. The second-order valence-corrected chi connectivity index (χ2v) is 2.97. The topological polar surface area (TPSA) is 38.9 Å². The predicted octanol–water partition coefficient (Wildman–Crippen LogP) is 2.47. The van der Waals surface area contributed by atoms with Gasteiger partial charge in [0.15, 0.2) is 0 Å². The average Bonchev–Trinajstić information content (AvgIpc) is 2.23. The monoisotopic (exact) mass is 188 g/mol. The first-order valence-electron chi connectivity index (χ1n) is 4.23. The van der Waals surface area contributed by atoms with Gasteiger partial charge in [-0.2, -0.15) is 0 Å². The van der Waals surface area contributed by atoms with Crippen LogP contribution >= 0.6 is 0 Å². The maximum Gasteiger partial charge on any atom is 0.146 e. The van der Waals surface area contributed by atoms with E-state index in [9.17, 15) is 4.39 Å². The smallest absolute Gasteiger partial charge is 0.146 e. The number of anilines is 1. The summed E-state index contributed by atoms with van der Waals surface area (Å²) >= 11 is 0. The van der Waals surface area contributed by atoms with Crippen LogP contribution in [0.4, 0.5) is 10.1 Å². The van der Waals surface area contributed by atoms with Crippen LogP contribution in [-0.4, -0.2) is 4.98 Å². The molecule has 0 aliphatic heterocycles. The van der Waals surface area contributed by atoms with Gasteiger partial charge in [0.1, 0.15) is 5.82 Å². The van der Waals surface area contributed by atoms with Gasteiger partial charge < -0.3 is 5.73 Å². The molecule has 0 radical (unpaired) electrons. The summed E-state index contributed by atoms with van der Waals surface area (Å²) in [5.41, 5.74) is 7.28. The van der Waals surface area contributed by atoms with Crippen LogP contribution < -0.4 is 5.73 Å². The Morgan fingerprint density at radius 3 is 2.36 bits per heavy atom. The van der Waals surface area contributed by atoms with Gasteiger partial charge in [-0.3, -0.25) is 4.98 Å². The van der Waals surface area contributed by atoms with Crippen LogP contribution in [0.3, 0.4) is 0 Å². The minimum Gasteiger partial charge on any atom is -0.396 e. The van der Waals surface area contributed by atoms with Crippen molar-refractivity contribution in [2.24, 2.45) is 0 Å². The van der Waals surface area contributed by atoms with Gasteiger partial charge in [0.25, 0.3) is 0 Å². The molecule has 0 fully saturated rings. The van der Waals surface area contributed by atoms with Gasteiger partial charge in [-0.05, 0) is 35.4 Å². The first-order valence-corrected chi connectivity index (χ1v) is 4.23. The minimum absolute atomic E-state index is 0.169. The summed E-state index contributed by atoms with van der Waals surface area (Å²) in [7, 11) is 0. The van der Waals surface area contributed by atoms with Crippen molar-refractivity contribution >= 4 is 5.69 Å². The van der Waals surface area contributed by atoms with E-state index < -0.39 is 0 Å². The second kappa shape index (κ2) is 3.46. The maximum absolute atomic E-state index is 13.1. The number of aromatic nitrogens is 1. The van der Waals surface area contributed by atoms with Gasteiger partial charge in [-0.15, -0.1) is 0 Å². The van der Waals surface area contributed by atoms with Crippen LogP contribution in [0.25, 0.3) is 11.1 Å². The van der Waals surface area contributed by atoms with E-state index in [1.54, 1.807) is 24.5 Å². The van der Waals surface area contributed by atoms with E-state index in [-0.39, 0.29) is 11.5 Å². The molecule has 0 bridgehead atoms. The van der Waals surface area contributed by atoms with Gasteiger partial charge in [0.2, 0.25) is 0 Å². The van der Waals surface area contributed by atoms with Gasteiger partial charge >= 0.3 is 0 Å². The first kappa shape index (κ1) is 8.69. The number of benzene rings is 1. The number of rotatable bonds is 1. The molecule has 0 atom stereocenters. The SMILES string of the molecule is Nc1ccc(-c2ccncc2)cc1F. The standard InChI is InChI=1S/C11H9FN2/c12-10-7-9(1-2-11(10)13)8-3-5-14-6-4-8/h1-7H,13H2. The molecule has 0 saturated heterocycles. The molecule has 2 N–H and O–H groups in total. The second-order valence-electron chi connectivity index (χ2n) is 2.97. The molecule has 2 nitrogen and oxygen atoms in total. The molecular weight excluding hydrogens is 179 g/mol. The van der Waals surface area contributed by atoms with Crippen molar-refractivity contribution in [2.75, 3.05) is 5.73 Å². The van der Waals surface area contributed by atoms with Crippen molar-refractivity contribution in [1.29, 1.82) is 0 Å². The van der Waals surface area contributed by atoms with E-state index in [4.69, 9.17) is 5.73 Å². The molecule has 0 aliphatic carbocycles. The van der Waals surface area contributed by atoms with Crippen molar-refractivity contribution in [2.45, 2.75) is 0 Å². The summed E-state index contributed by atoms with van der Waals surface area (Å²) in [6, 6.07) is 8.42. The zero-order valence-electron chi connectivity index (χ0n) is 7.44. The molecule has 0 amide bonds. The van der Waals surface area contributed by atoms with E-state index in [0.29, 0.717) is 0 Å². The van der Waals surface area contributed by atoms with Crippen LogP contribution in [0.2, 0.25) is 0 Å². The van der Waals surface area contributed by atoms with Crippen molar-refractivity contribution in [1.82, 2.24) is 4.98 Å². The summed E-state index contributed by atoms with van der Waals surface area (Å²) in [5, 5.41) is 0. The summed E-state index contributed by atoms with van der Waals surface area (Å²) in [6.07, 6.45) is 3.34. The number of nitrogens with two attached hydrogens (primary N) is 1. The van der Waals surface area contributed by atoms with Crippen molar-refractivity contribution in [3.63, 3.8) is 0 Å². The lowest BCUT2D eigenvalue weighted by Crippen LogP contribution is -1.90. The summed E-state index contributed by atoms with van der Waals surface area (Å²) in [5.74, 6) is -0.390. The minimum atomic E-state index is -0.390. The molecule has 1 heterocycles. The van der Waals surface area contributed by atoms with Crippen molar-refractivity contribution < 1.29 is 4.39 Å². The zero-order chi connectivity index (χ0) is 9.97. The lowest BCUT2D eigenvalue weighted by Gasteiger charge is -2.02. The van der Waals surface area contributed by atoms with Gasteiger partial charge in [-0.1, -0.05) is 6.07 Å². The Balaban J connectivity index is 2.48. The first-order chi connectivity index (χ1) is 6.77. The molecule has 14 heavy (non-hydrogen) atoms. The van der Waals surface area contributed by atoms with E-state index in [1.807, 2.05) is 12.1 Å². The highest BCUT2D eigenvalue weighted by Crippen LogP contribution is 2.21. The maximum atomic E-state index is 13.1. The van der Waals surface area contributed by atoms with E-state index >= 15 is 0 Å². The highest BCUT2D eigenvalue weighted by molar-refractivity contribution is 5.65. The number of pyridine rings is 1. The van der Waals surface area contributed by atoms with E-state index in [1.165, 1.54) is 6.07 Å². The molecule has 3 heteroatoms. The Labute approximate surface area is 81.2 Å². The largest absolute Gasteiger partial charge is 0.396 e. The third kappa shape index (κ3) is 1.57. The summed E-state index contributed by atoms with van der Waals surface area (Å²) < 4.78 is 13.1. The summed E-state index contributed by atoms with van der Waals surface area (Å²) in [4.78, 5) is 3.89. The van der Waals surface area contributed by atoms with Gasteiger partial charge in [0.05, 0.1) is 5.69 Å². The van der Waals surface area contributed by atoms with Gasteiger partial charge in [0, 0.05) is 12.4 Å². The van der Waals surface area contributed by atoms with Crippen LogP contribution in [0.1, 0.15) is 0 Å². The number of hydrogen-bond donors (Lipinski definition) is 1. The quantitative estimate of drug-likeness (QED) is 0.698. The lowest BCUT2D eigenvalue weighted by molar-refractivity contribution is 0.633. The van der Waals surface area contributed by atoms with E-state index in [0.717, 1.165) is 11.1 Å². The highest BCUT2D eigenvalue weighted by atomic mass is 19.1. The van der Waals surface area contributed by atoms with Crippen LogP contribution in [-0.2, 0) is 0 Å². The third-order valence-electron chi connectivity index (χ3n) is 2.01. The molecule has 1 aromatic heterocycles. The Hall–Kier alpha value is -1.90. The Bertz CT molecular complexity index is 440. The van der Waals surface area contributed by atoms with Crippen LogP contribution in [0.15, 0.2) is 42.7 Å². The van der Waals surface area contributed by atoms with Gasteiger partial charge in [-0.25, -0.2) is 4.39 Å². The molecule has 2 aromatic rings. The fraction of sp³-hybridized carbons (Fsp3) is 0. The molecule has 0 spiro atoms. The third-order valence-corrected chi connectivity index (χ3v) is 2.01. The molecule has 0 aliphatic rings. The lowest BCUT2D eigenvalue weighted by atomic mass is 10.1. The average molecular weight is 188 g/mol.